The highest BCUT2D eigenvalue weighted by Gasteiger charge is 2.32. The van der Waals surface area contributed by atoms with Gasteiger partial charge in [-0.2, -0.15) is 0 Å². The summed E-state index contributed by atoms with van der Waals surface area (Å²) in [5.74, 6) is -1.06. The quantitative estimate of drug-likeness (QED) is 0.500. The molecule has 3 atom stereocenters. The molecule has 0 bridgehead atoms. The van der Waals surface area contributed by atoms with Crippen molar-refractivity contribution in [3.05, 3.63) is 0 Å². The molecule has 7 heteroatoms. The molecule has 0 radical (unpaired) electrons. The molecule has 0 spiro atoms. The summed E-state index contributed by atoms with van der Waals surface area (Å²) in [5, 5.41) is 29.6. The van der Waals surface area contributed by atoms with Crippen molar-refractivity contribution in [3.63, 3.8) is 0 Å². The first-order valence-corrected chi connectivity index (χ1v) is 5.51. The number of aliphatic hydroxyl groups excluding tert-OH is 2. The van der Waals surface area contributed by atoms with E-state index in [1.807, 2.05) is 0 Å². The number of hydrogen-bond acceptors (Lipinski definition) is 4. The van der Waals surface area contributed by atoms with Crippen molar-refractivity contribution in [3.8, 4) is 0 Å². The van der Waals surface area contributed by atoms with E-state index >= 15 is 0 Å². The van der Waals surface area contributed by atoms with Gasteiger partial charge >= 0.3 is 12.0 Å². The fraction of sp³-hybridized carbons (Fsp3) is 0.800. The van der Waals surface area contributed by atoms with Crippen molar-refractivity contribution in [1.29, 1.82) is 0 Å². The normalized spacial score (nSPS) is 25.7. The predicted octanol–water partition coefficient (Wildman–Crippen LogP) is -1.16. The van der Waals surface area contributed by atoms with Gasteiger partial charge in [-0.1, -0.05) is 6.92 Å². The van der Waals surface area contributed by atoms with Crippen molar-refractivity contribution < 1.29 is 24.9 Å². The van der Waals surface area contributed by atoms with E-state index in [0.717, 1.165) is 0 Å². The van der Waals surface area contributed by atoms with Gasteiger partial charge in [-0.25, -0.2) is 4.79 Å². The van der Waals surface area contributed by atoms with E-state index in [1.54, 1.807) is 6.92 Å². The summed E-state index contributed by atoms with van der Waals surface area (Å²) >= 11 is 0. The van der Waals surface area contributed by atoms with Gasteiger partial charge in [-0.15, -0.1) is 0 Å². The molecule has 7 nitrogen and oxygen atoms in total. The summed E-state index contributed by atoms with van der Waals surface area (Å²) in [7, 11) is 0. The summed E-state index contributed by atoms with van der Waals surface area (Å²) in [5.41, 5.74) is 0. The summed E-state index contributed by atoms with van der Waals surface area (Å²) in [4.78, 5) is 23.3. The molecule has 0 aliphatic carbocycles. The van der Waals surface area contributed by atoms with E-state index in [1.165, 1.54) is 4.90 Å². The number of carboxylic acid groups (broad SMARTS) is 1. The number of aliphatic hydroxyl groups is 2. The summed E-state index contributed by atoms with van der Waals surface area (Å²) in [6.07, 6.45) is -1.82. The second-order valence-electron chi connectivity index (χ2n) is 4.43. The fourth-order valence-electron chi connectivity index (χ4n) is 1.68. The second-order valence-corrected chi connectivity index (χ2v) is 4.43. The minimum absolute atomic E-state index is 0.00840. The number of aliphatic carboxylic acids is 1. The van der Waals surface area contributed by atoms with Gasteiger partial charge in [0.25, 0.3) is 0 Å². The first kappa shape index (κ1) is 13.7. The fourth-order valence-corrected chi connectivity index (χ4v) is 1.68. The van der Waals surface area contributed by atoms with Gasteiger partial charge in [-0.3, -0.25) is 4.79 Å². The van der Waals surface area contributed by atoms with E-state index in [-0.39, 0.29) is 32.0 Å². The molecule has 98 valence electrons. The molecule has 0 aromatic rings. The molecule has 1 aliphatic rings. The van der Waals surface area contributed by atoms with Crippen molar-refractivity contribution in [2.24, 2.45) is 5.92 Å². The van der Waals surface area contributed by atoms with Crippen LogP contribution in [0.15, 0.2) is 0 Å². The van der Waals surface area contributed by atoms with Crippen LogP contribution < -0.4 is 5.32 Å². The molecule has 4 N–H and O–H groups in total. The summed E-state index contributed by atoms with van der Waals surface area (Å²) in [6.45, 7) is 2.18. The number of likely N-dealkylation sites (tertiary alicyclic amines) is 1. The molecular weight excluding hydrogens is 228 g/mol. The minimum Gasteiger partial charge on any atom is -0.481 e. The number of nitrogens with zero attached hydrogens (tertiary/aromatic N) is 1. The van der Waals surface area contributed by atoms with Crippen LogP contribution in [0.3, 0.4) is 0 Å². The second kappa shape index (κ2) is 5.83. The van der Waals surface area contributed by atoms with Gasteiger partial charge in [0.05, 0.1) is 25.3 Å². The van der Waals surface area contributed by atoms with Crippen molar-refractivity contribution in [2.45, 2.75) is 25.6 Å². The van der Waals surface area contributed by atoms with Crippen LogP contribution in [0, 0.1) is 5.92 Å². The van der Waals surface area contributed by atoms with Crippen LogP contribution in [0.25, 0.3) is 0 Å². The van der Waals surface area contributed by atoms with Crippen LogP contribution in [0.2, 0.25) is 0 Å². The maximum Gasteiger partial charge on any atom is 0.317 e. The highest BCUT2D eigenvalue weighted by molar-refractivity contribution is 5.74. The number of amides is 2. The minimum atomic E-state index is -0.905. The average molecular weight is 246 g/mol. The van der Waals surface area contributed by atoms with E-state index in [0.29, 0.717) is 0 Å². The molecule has 3 unspecified atom stereocenters. The number of β-amino-alcohol motifs (C(OH)–C–C–N with tert-alkyl or cyclic N) is 2. The molecule has 0 aromatic carbocycles. The number of carbonyl (C=O) groups is 2. The summed E-state index contributed by atoms with van der Waals surface area (Å²) in [6, 6.07) is -0.391. The van der Waals surface area contributed by atoms with Crippen molar-refractivity contribution in [2.75, 3.05) is 19.6 Å². The first-order chi connectivity index (χ1) is 7.90. The third-order valence-electron chi connectivity index (χ3n) is 2.67. The van der Waals surface area contributed by atoms with Gasteiger partial charge in [0.15, 0.2) is 0 Å². The molecule has 0 saturated carbocycles. The molecule has 1 fully saturated rings. The molecule has 1 rings (SSSR count). The van der Waals surface area contributed by atoms with Crippen molar-refractivity contribution >= 4 is 12.0 Å². The van der Waals surface area contributed by atoms with Crippen LogP contribution in [-0.4, -0.2) is 64.1 Å². The third-order valence-corrected chi connectivity index (χ3v) is 2.67. The van der Waals surface area contributed by atoms with Crippen LogP contribution in [0.4, 0.5) is 4.79 Å². The number of carboxylic acids is 1. The molecule has 1 saturated heterocycles. The Kier molecular flexibility index (Phi) is 4.71. The van der Waals surface area contributed by atoms with Gasteiger partial charge in [0.1, 0.15) is 0 Å². The lowest BCUT2D eigenvalue weighted by Crippen LogP contribution is -2.41. The Hall–Kier alpha value is -1.34. The Labute approximate surface area is 99.0 Å². The number of nitrogens with one attached hydrogen (secondary N) is 1. The van der Waals surface area contributed by atoms with E-state index in [9.17, 15) is 19.8 Å². The third kappa shape index (κ3) is 4.20. The molecule has 1 aliphatic heterocycles. The number of hydrogen-bond donors (Lipinski definition) is 4. The molecular formula is C10H18N2O5. The standard InChI is InChI=1S/C10H18N2O5/c1-6(2-9(15)16)3-11-10(17)12-4-7(13)8(14)5-12/h6-8,13-14H,2-5H2,1H3,(H,11,17)(H,15,16). The molecule has 2 amide bonds. The average Bonchev–Trinajstić information content (AvgIpc) is 2.55. The first-order valence-electron chi connectivity index (χ1n) is 5.51. The van der Waals surface area contributed by atoms with Gasteiger partial charge in [0.2, 0.25) is 0 Å². The van der Waals surface area contributed by atoms with Crippen LogP contribution in [-0.2, 0) is 4.79 Å². The van der Waals surface area contributed by atoms with E-state index < -0.39 is 24.2 Å². The Morgan fingerprint density at radius 3 is 2.35 bits per heavy atom. The number of rotatable bonds is 4. The maximum atomic E-state index is 11.6. The number of urea groups is 1. The Morgan fingerprint density at radius 1 is 1.35 bits per heavy atom. The lowest BCUT2D eigenvalue weighted by atomic mass is 10.1. The highest BCUT2D eigenvalue weighted by atomic mass is 16.4. The van der Waals surface area contributed by atoms with Crippen molar-refractivity contribution in [1.82, 2.24) is 10.2 Å². The smallest absolute Gasteiger partial charge is 0.317 e. The zero-order valence-electron chi connectivity index (χ0n) is 9.67. The maximum absolute atomic E-state index is 11.6. The molecule has 17 heavy (non-hydrogen) atoms. The SMILES string of the molecule is CC(CNC(=O)N1CC(O)C(O)C1)CC(=O)O. The Morgan fingerprint density at radius 2 is 1.88 bits per heavy atom. The molecule has 0 aromatic heterocycles. The van der Waals surface area contributed by atoms with Crippen LogP contribution >= 0.6 is 0 Å². The van der Waals surface area contributed by atoms with E-state index in [4.69, 9.17) is 5.11 Å². The lowest BCUT2D eigenvalue weighted by molar-refractivity contribution is -0.137. The monoisotopic (exact) mass is 246 g/mol. The topological polar surface area (TPSA) is 110 Å². The summed E-state index contributed by atoms with van der Waals surface area (Å²) < 4.78 is 0. The van der Waals surface area contributed by atoms with Gasteiger partial charge in [0, 0.05) is 13.0 Å². The van der Waals surface area contributed by atoms with Gasteiger partial charge < -0.3 is 25.5 Å². The Balaban J connectivity index is 2.28. The zero-order valence-corrected chi connectivity index (χ0v) is 9.67. The highest BCUT2D eigenvalue weighted by Crippen LogP contribution is 2.10. The lowest BCUT2D eigenvalue weighted by Gasteiger charge is -2.18. The van der Waals surface area contributed by atoms with Crippen LogP contribution in [0.1, 0.15) is 13.3 Å². The zero-order chi connectivity index (χ0) is 13.0. The van der Waals surface area contributed by atoms with Gasteiger partial charge in [-0.05, 0) is 5.92 Å². The van der Waals surface area contributed by atoms with E-state index in [2.05, 4.69) is 5.32 Å². The Bertz CT molecular complexity index is 286. The number of carbonyl (C=O) groups excluding carboxylic acids is 1. The van der Waals surface area contributed by atoms with Crippen LogP contribution in [0.5, 0.6) is 0 Å². The predicted molar refractivity (Wildman–Crippen MR) is 58.4 cm³/mol. The largest absolute Gasteiger partial charge is 0.481 e. The molecule has 1 heterocycles.